The van der Waals surface area contributed by atoms with Crippen LogP contribution in [0.15, 0.2) is 42.7 Å². The van der Waals surface area contributed by atoms with Gasteiger partial charge < -0.3 is 15.4 Å². The van der Waals surface area contributed by atoms with Crippen LogP contribution in [0.5, 0.6) is 0 Å². The van der Waals surface area contributed by atoms with E-state index in [2.05, 4.69) is 25.6 Å². The van der Waals surface area contributed by atoms with E-state index in [4.69, 9.17) is 27.9 Å². The molecular formula is C21H17Cl2N7O5. The van der Waals surface area contributed by atoms with Crippen LogP contribution in [0.3, 0.4) is 0 Å². The Balaban J connectivity index is 1.54. The van der Waals surface area contributed by atoms with Gasteiger partial charge in [0.2, 0.25) is 5.95 Å². The summed E-state index contributed by atoms with van der Waals surface area (Å²) in [6.07, 6.45) is 2.52. The average molecular weight is 518 g/mol. The number of halogens is 2. The van der Waals surface area contributed by atoms with Gasteiger partial charge in [0.05, 0.1) is 21.8 Å². The third-order valence-electron chi connectivity index (χ3n) is 4.82. The van der Waals surface area contributed by atoms with Crippen molar-refractivity contribution in [3.63, 3.8) is 0 Å². The average Bonchev–Trinajstić information content (AvgIpc) is 2.83. The second-order valence-electron chi connectivity index (χ2n) is 7.18. The van der Waals surface area contributed by atoms with Crippen LogP contribution in [0.25, 0.3) is 11.3 Å². The zero-order chi connectivity index (χ0) is 24.9. The Morgan fingerprint density at radius 3 is 2.43 bits per heavy atom. The van der Waals surface area contributed by atoms with Crippen LogP contribution < -0.4 is 15.5 Å². The van der Waals surface area contributed by atoms with E-state index >= 15 is 0 Å². The number of hydrogen-bond acceptors (Lipinski definition) is 10. The van der Waals surface area contributed by atoms with Gasteiger partial charge in [-0.1, -0.05) is 23.2 Å². The number of carbonyl (C=O) groups excluding carboxylic acids is 2. The number of nitro groups is 1. The van der Waals surface area contributed by atoms with Gasteiger partial charge in [-0.05, 0) is 24.3 Å². The second kappa shape index (κ2) is 10.6. The maximum Gasteiger partial charge on any atom is 0.287 e. The molecule has 2 N–H and O–H groups in total. The summed E-state index contributed by atoms with van der Waals surface area (Å²) < 4.78 is 4.99. The molecule has 0 atom stereocenters. The van der Waals surface area contributed by atoms with Gasteiger partial charge in [0.25, 0.3) is 17.5 Å². The van der Waals surface area contributed by atoms with Crippen LogP contribution in [-0.4, -0.2) is 58.0 Å². The number of ether oxygens (including phenoxy) is 1. The van der Waals surface area contributed by atoms with E-state index in [9.17, 15) is 19.7 Å². The zero-order valence-electron chi connectivity index (χ0n) is 17.9. The molecule has 12 nitrogen and oxygen atoms in total. The fourth-order valence-electron chi connectivity index (χ4n) is 3.23. The highest BCUT2D eigenvalue weighted by Crippen LogP contribution is 2.36. The number of carbonyl (C=O) groups is 2. The van der Waals surface area contributed by atoms with Crippen molar-refractivity contribution in [2.75, 3.05) is 41.8 Å². The molecule has 0 radical (unpaired) electrons. The predicted molar refractivity (Wildman–Crippen MR) is 129 cm³/mol. The molecule has 1 aromatic carbocycles. The molecule has 0 saturated carbocycles. The fourth-order valence-corrected chi connectivity index (χ4v) is 3.73. The molecular weight excluding hydrogens is 501 g/mol. The van der Waals surface area contributed by atoms with Crippen molar-refractivity contribution in [3.05, 3.63) is 62.9 Å². The molecule has 1 fully saturated rings. The minimum Gasteiger partial charge on any atom is -0.368 e. The molecule has 35 heavy (non-hydrogen) atoms. The lowest BCUT2D eigenvalue weighted by molar-refractivity contribution is -0.385. The summed E-state index contributed by atoms with van der Waals surface area (Å²) in [5, 5.41) is 17.5. The van der Waals surface area contributed by atoms with E-state index in [1.54, 1.807) is 12.1 Å². The summed E-state index contributed by atoms with van der Waals surface area (Å²) in [5.74, 6) is -0.401. The first-order valence-corrected chi connectivity index (χ1v) is 10.9. The molecule has 0 aliphatic carbocycles. The van der Waals surface area contributed by atoms with E-state index in [1.165, 1.54) is 24.4 Å². The van der Waals surface area contributed by atoms with Crippen molar-refractivity contribution >= 4 is 58.2 Å². The maximum absolute atomic E-state index is 12.4. The number of imide groups is 1. The van der Waals surface area contributed by atoms with Gasteiger partial charge >= 0.3 is 0 Å². The molecule has 0 unspecified atom stereocenters. The molecule has 180 valence electrons. The maximum atomic E-state index is 12.4. The monoisotopic (exact) mass is 517 g/mol. The number of anilines is 3. The van der Waals surface area contributed by atoms with Crippen molar-refractivity contribution in [3.8, 4) is 11.3 Å². The smallest absolute Gasteiger partial charge is 0.287 e. The summed E-state index contributed by atoms with van der Waals surface area (Å²) in [6, 6.07) is 7.63. The van der Waals surface area contributed by atoms with Gasteiger partial charge in [0.1, 0.15) is 30.9 Å². The zero-order valence-corrected chi connectivity index (χ0v) is 19.4. The molecule has 3 heterocycles. The number of aromatic nitrogens is 3. The molecule has 3 aromatic rings. The molecule has 0 bridgehead atoms. The third kappa shape index (κ3) is 5.62. The summed E-state index contributed by atoms with van der Waals surface area (Å²) in [7, 11) is 0. The summed E-state index contributed by atoms with van der Waals surface area (Å²) in [6.45, 7) is 0.262. The van der Waals surface area contributed by atoms with Crippen LogP contribution in [0.4, 0.5) is 23.1 Å². The fraction of sp³-hybridized carbons (Fsp3) is 0.190. The van der Waals surface area contributed by atoms with Crippen molar-refractivity contribution in [1.29, 1.82) is 0 Å². The minimum atomic E-state index is -0.545. The highest BCUT2D eigenvalue weighted by atomic mass is 35.5. The number of hydrogen-bond donors (Lipinski definition) is 2. The SMILES string of the molecule is O=C1COCC(=O)N1c1cnc(NCCNc2ccc([N+](=O)[O-])cn2)nc1-c1ccc(Cl)cc1Cl. The van der Waals surface area contributed by atoms with Crippen LogP contribution in [0.1, 0.15) is 0 Å². The molecule has 2 aromatic heterocycles. The number of nitrogens with one attached hydrogen (secondary N) is 2. The van der Waals surface area contributed by atoms with Gasteiger partial charge in [0.15, 0.2) is 0 Å². The lowest BCUT2D eigenvalue weighted by Gasteiger charge is -2.26. The molecule has 1 aliphatic heterocycles. The van der Waals surface area contributed by atoms with Crippen molar-refractivity contribution in [1.82, 2.24) is 15.0 Å². The largest absolute Gasteiger partial charge is 0.368 e. The van der Waals surface area contributed by atoms with Gasteiger partial charge in [-0.15, -0.1) is 0 Å². The first-order valence-electron chi connectivity index (χ1n) is 10.2. The quantitative estimate of drug-likeness (QED) is 0.197. The second-order valence-corrected chi connectivity index (χ2v) is 8.02. The Morgan fingerprint density at radius 2 is 1.77 bits per heavy atom. The first kappa shape index (κ1) is 24.3. The number of benzene rings is 1. The van der Waals surface area contributed by atoms with Gasteiger partial charge in [-0.2, -0.15) is 0 Å². The lowest BCUT2D eigenvalue weighted by atomic mass is 10.1. The molecule has 1 aliphatic rings. The number of pyridine rings is 1. The van der Waals surface area contributed by atoms with E-state index in [-0.39, 0.29) is 41.3 Å². The third-order valence-corrected chi connectivity index (χ3v) is 5.37. The molecule has 14 heteroatoms. The summed E-state index contributed by atoms with van der Waals surface area (Å²) >= 11 is 12.4. The van der Waals surface area contributed by atoms with E-state index < -0.39 is 16.7 Å². The van der Waals surface area contributed by atoms with Crippen molar-refractivity contribution in [2.45, 2.75) is 0 Å². The summed E-state index contributed by atoms with van der Waals surface area (Å²) in [5.41, 5.74) is 0.786. The molecule has 4 rings (SSSR count). The topological polar surface area (TPSA) is 152 Å². The van der Waals surface area contributed by atoms with Gasteiger partial charge in [-0.25, -0.2) is 19.9 Å². The van der Waals surface area contributed by atoms with Crippen LogP contribution in [0, 0.1) is 10.1 Å². The highest BCUT2D eigenvalue weighted by Gasteiger charge is 2.31. The number of rotatable bonds is 8. The Labute approximate surface area is 208 Å². The Kier molecular flexibility index (Phi) is 7.34. The lowest BCUT2D eigenvalue weighted by Crippen LogP contribution is -2.46. The van der Waals surface area contributed by atoms with Crippen molar-refractivity contribution in [2.24, 2.45) is 0 Å². The number of amides is 2. The Hall–Kier alpha value is -3.87. The van der Waals surface area contributed by atoms with E-state index in [1.807, 2.05) is 0 Å². The summed E-state index contributed by atoms with van der Waals surface area (Å²) in [4.78, 5) is 48.7. The Morgan fingerprint density at radius 1 is 1.03 bits per heavy atom. The van der Waals surface area contributed by atoms with Crippen LogP contribution in [-0.2, 0) is 14.3 Å². The van der Waals surface area contributed by atoms with E-state index in [0.29, 0.717) is 29.5 Å². The van der Waals surface area contributed by atoms with Gasteiger partial charge in [-0.3, -0.25) is 19.7 Å². The first-order chi connectivity index (χ1) is 16.8. The van der Waals surface area contributed by atoms with Crippen LogP contribution in [0.2, 0.25) is 10.0 Å². The standard InChI is InChI=1S/C21H17Cl2N7O5/c22-12-1-3-14(15(23)7-12)20-16(29-18(31)10-35-11-19(29)32)9-27-21(28-20)25-6-5-24-17-4-2-13(8-26-17)30(33)34/h1-4,7-9H,5-6,10-11H2,(H,24,26)(H,25,27,28). The number of nitrogens with zero attached hydrogens (tertiary/aromatic N) is 5. The normalized spacial score (nSPS) is 13.6. The molecule has 1 saturated heterocycles. The Bertz CT molecular complexity index is 1270. The van der Waals surface area contributed by atoms with Crippen molar-refractivity contribution < 1.29 is 19.2 Å². The number of morpholine rings is 1. The van der Waals surface area contributed by atoms with Crippen LogP contribution >= 0.6 is 23.2 Å². The predicted octanol–water partition coefficient (Wildman–Crippen LogP) is 3.17. The highest BCUT2D eigenvalue weighted by molar-refractivity contribution is 6.36. The van der Waals surface area contributed by atoms with Gasteiger partial charge in [0, 0.05) is 29.7 Å². The molecule has 0 spiro atoms. The van der Waals surface area contributed by atoms with E-state index in [0.717, 1.165) is 11.1 Å². The minimum absolute atomic E-state index is 0.104. The molecule has 2 amide bonds.